The molecule has 0 saturated heterocycles. The molecular weight excluding hydrogens is 153 g/mol. The fraction of sp³-hybridized carbons (Fsp3) is 0.200. The molecular formula is C10H12FN. The van der Waals surface area contributed by atoms with Gasteiger partial charge >= 0.3 is 0 Å². The molecule has 1 heterocycles. The highest BCUT2D eigenvalue weighted by Gasteiger charge is 1.86. The molecule has 64 valence electrons. The Kier molecular flexibility index (Phi) is 2.48. The van der Waals surface area contributed by atoms with Crippen LogP contribution in [0.5, 0.6) is 0 Å². The number of aryl methyl sites for hydroxylation is 1. The van der Waals surface area contributed by atoms with Gasteiger partial charge in [-0.2, -0.15) is 0 Å². The van der Waals surface area contributed by atoms with Gasteiger partial charge in [-0.05, 0) is 37.3 Å². The second-order valence-electron chi connectivity index (χ2n) is 2.81. The molecule has 1 aromatic rings. The van der Waals surface area contributed by atoms with Gasteiger partial charge in [-0.15, -0.1) is 0 Å². The number of halogens is 1. The highest BCUT2D eigenvalue weighted by molar-refractivity contribution is 5.37. The van der Waals surface area contributed by atoms with E-state index in [4.69, 9.17) is 0 Å². The van der Waals surface area contributed by atoms with Crippen molar-refractivity contribution in [1.82, 2.24) is 4.98 Å². The van der Waals surface area contributed by atoms with Crippen molar-refractivity contribution >= 4 is 12.7 Å². The summed E-state index contributed by atoms with van der Waals surface area (Å²) in [6.07, 6.45) is 3.10. The lowest BCUT2D eigenvalue weighted by Crippen LogP contribution is -2.19. The van der Waals surface area contributed by atoms with Crippen molar-refractivity contribution in [2.75, 3.05) is 0 Å². The van der Waals surface area contributed by atoms with E-state index in [1.807, 2.05) is 13.0 Å². The van der Waals surface area contributed by atoms with Crippen LogP contribution >= 0.6 is 0 Å². The van der Waals surface area contributed by atoms with E-state index in [2.05, 4.69) is 11.6 Å². The molecule has 0 aliphatic heterocycles. The molecule has 0 amide bonds. The van der Waals surface area contributed by atoms with Crippen molar-refractivity contribution < 1.29 is 4.39 Å². The summed E-state index contributed by atoms with van der Waals surface area (Å²) in [4.78, 5) is 3.07. The molecule has 1 nitrogen and oxygen atoms in total. The Bertz CT molecular complexity index is 394. The Labute approximate surface area is 70.9 Å². The summed E-state index contributed by atoms with van der Waals surface area (Å²) in [5.74, 6) is -0.207. The topological polar surface area (TPSA) is 15.8 Å². The zero-order valence-electron chi connectivity index (χ0n) is 7.32. The third kappa shape index (κ3) is 2.09. The lowest BCUT2D eigenvalue weighted by molar-refractivity contribution is 0.641. The molecule has 0 saturated carbocycles. The first-order chi connectivity index (χ1) is 5.59. The molecule has 2 heteroatoms. The molecule has 1 aromatic heterocycles. The van der Waals surface area contributed by atoms with Crippen LogP contribution in [0.15, 0.2) is 18.0 Å². The molecule has 1 rings (SSSR count). The summed E-state index contributed by atoms with van der Waals surface area (Å²) >= 11 is 0. The minimum atomic E-state index is -0.207. The van der Waals surface area contributed by atoms with Crippen LogP contribution in [-0.4, -0.2) is 4.98 Å². The van der Waals surface area contributed by atoms with E-state index in [0.29, 0.717) is 0 Å². The maximum atomic E-state index is 12.3. The molecule has 12 heavy (non-hydrogen) atoms. The van der Waals surface area contributed by atoms with Gasteiger partial charge in [0, 0.05) is 11.0 Å². The van der Waals surface area contributed by atoms with Crippen molar-refractivity contribution in [2.24, 2.45) is 0 Å². The van der Waals surface area contributed by atoms with E-state index in [9.17, 15) is 4.39 Å². The van der Waals surface area contributed by atoms with Crippen LogP contribution in [0.3, 0.4) is 0 Å². The largest absolute Gasteiger partial charge is 0.359 e. The van der Waals surface area contributed by atoms with Gasteiger partial charge in [0.25, 0.3) is 0 Å². The molecule has 0 atom stereocenters. The highest BCUT2D eigenvalue weighted by Crippen LogP contribution is 1.91. The first-order valence-corrected chi connectivity index (χ1v) is 3.78. The summed E-state index contributed by atoms with van der Waals surface area (Å²) < 4.78 is 12.3. The zero-order chi connectivity index (χ0) is 9.14. The number of allylic oxidation sites excluding steroid dienone is 2. The molecule has 1 N–H and O–H groups in total. The van der Waals surface area contributed by atoms with Gasteiger partial charge in [0.1, 0.15) is 0 Å². The third-order valence-corrected chi connectivity index (χ3v) is 1.55. The van der Waals surface area contributed by atoms with Gasteiger partial charge in [-0.1, -0.05) is 6.58 Å². The molecule has 0 aliphatic rings. The van der Waals surface area contributed by atoms with Crippen molar-refractivity contribution in [3.05, 3.63) is 34.2 Å². The zero-order valence-corrected chi connectivity index (χ0v) is 7.32. The van der Waals surface area contributed by atoms with Gasteiger partial charge in [-0.3, -0.25) is 0 Å². The smallest absolute Gasteiger partial charge is 0.0969 e. The highest BCUT2D eigenvalue weighted by atomic mass is 19.1. The lowest BCUT2D eigenvalue weighted by atomic mass is 10.4. The number of rotatable bonds is 1. The second-order valence-corrected chi connectivity index (χ2v) is 2.81. The Morgan fingerprint density at radius 2 is 2.33 bits per heavy atom. The van der Waals surface area contributed by atoms with Crippen LogP contribution in [0.4, 0.5) is 4.39 Å². The Morgan fingerprint density at radius 3 is 2.75 bits per heavy atom. The van der Waals surface area contributed by atoms with E-state index in [-0.39, 0.29) is 5.83 Å². The third-order valence-electron chi connectivity index (χ3n) is 1.55. The molecule has 0 unspecified atom stereocenters. The van der Waals surface area contributed by atoms with Crippen molar-refractivity contribution in [1.29, 1.82) is 0 Å². The van der Waals surface area contributed by atoms with Gasteiger partial charge in [0.15, 0.2) is 0 Å². The van der Waals surface area contributed by atoms with Crippen LogP contribution < -0.4 is 10.6 Å². The number of H-pyrrole nitrogens is 1. The van der Waals surface area contributed by atoms with Crippen molar-refractivity contribution in [2.45, 2.75) is 13.8 Å². The van der Waals surface area contributed by atoms with Crippen LogP contribution in [0.25, 0.3) is 12.7 Å². The molecule has 0 radical (unpaired) electrons. The lowest BCUT2D eigenvalue weighted by Gasteiger charge is -1.79. The summed E-state index contributed by atoms with van der Waals surface area (Å²) in [6, 6.07) is 1.92. The fourth-order valence-electron chi connectivity index (χ4n) is 1.01. The average Bonchev–Trinajstić information content (AvgIpc) is 2.26. The first-order valence-electron chi connectivity index (χ1n) is 3.78. The molecule has 0 fully saturated rings. The predicted molar refractivity (Wildman–Crippen MR) is 49.6 cm³/mol. The Morgan fingerprint density at radius 1 is 1.67 bits per heavy atom. The second kappa shape index (κ2) is 3.39. The average molecular weight is 165 g/mol. The van der Waals surface area contributed by atoms with Crippen LogP contribution in [0.1, 0.15) is 12.6 Å². The van der Waals surface area contributed by atoms with Gasteiger partial charge in [-0.25, -0.2) is 4.39 Å². The standard InChI is InChI=1S/C10H12FN/c1-7-6-9(3)12-10(7)5-4-8(2)11/h4-6,12H,1H2,2-3H3/b8-4+,10-5+. The van der Waals surface area contributed by atoms with E-state index >= 15 is 0 Å². The van der Waals surface area contributed by atoms with E-state index < -0.39 is 0 Å². The first kappa shape index (κ1) is 8.78. The predicted octanol–water partition coefficient (Wildman–Crippen LogP) is 1.39. The van der Waals surface area contributed by atoms with Gasteiger partial charge in [0.2, 0.25) is 0 Å². The van der Waals surface area contributed by atoms with Crippen LogP contribution in [0.2, 0.25) is 0 Å². The number of hydrogen-bond donors (Lipinski definition) is 1. The molecule has 0 spiro atoms. The normalized spacial score (nSPS) is 13.9. The summed E-state index contributed by atoms with van der Waals surface area (Å²) in [5.41, 5.74) is 1.04. The van der Waals surface area contributed by atoms with Crippen LogP contribution in [0, 0.1) is 6.92 Å². The molecule has 0 aliphatic carbocycles. The Balaban J connectivity index is 3.19. The summed E-state index contributed by atoms with van der Waals surface area (Å²) in [6.45, 7) is 7.16. The maximum absolute atomic E-state index is 12.3. The van der Waals surface area contributed by atoms with Crippen molar-refractivity contribution in [3.8, 4) is 0 Å². The van der Waals surface area contributed by atoms with Gasteiger partial charge in [0.05, 0.1) is 5.83 Å². The quantitative estimate of drug-likeness (QED) is 0.647. The number of nitrogens with one attached hydrogen (secondary N) is 1. The van der Waals surface area contributed by atoms with E-state index in [1.165, 1.54) is 13.0 Å². The van der Waals surface area contributed by atoms with E-state index in [1.54, 1.807) is 6.08 Å². The number of aromatic nitrogens is 1. The number of aromatic amines is 1. The molecule has 0 aromatic carbocycles. The Hall–Kier alpha value is -1.31. The minimum Gasteiger partial charge on any atom is -0.359 e. The number of hydrogen-bond acceptors (Lipinski definition) is 0. The minimum absolute atomic E-state index is 0.207. The maximum Gasteiger partial charge on any atom is 0.0969 e. The molecule has 0 bridgehead atoms. The van der Waals surface area contributed by atoms with Crippen molar-refractivity contribution in [3.63, 3.8) is 0 Å². The summed E-state index contributed by atoms with van der Waals surface area (Å²) in [7, 11) is 0. The SMILES string of the molecule is C=c1cc(C)[nH]/c1=C/C=C(\C)F. The van der Waals surface area contributed by atoms with Gasteiger partial charge < -0.3 is 4.98 Å². The van der Waals surface area contributed by atoms with E-state index in [0.717, 1.165) is 16.3 Å². The summed E-state index contributed by atoms with van der Waals surface area (Å²) in [5, 5.41) is 1.76. The van der Waals surface area contributed by atoms with Crippen LogP contribution in [-0.2, 0) is 0 Å². The monoisotopic (exact) mass is 165 g/mol. The fourth-order valence-corrected chi connectivity index (χ4v) is 1.01.